The van der Waals surface area contributed by atoms with Gasteiger partial charge in [0.15, 0.2) is 5.97 Å². The number of hydrogen-bond acceptors (Lipinski definition) is 4. The van der Waals surface area contributed by atoms with Gasteiger partial charge < -0.3 is 20.1 Å². The van der Waals surface area contributed by atoms with Gasteiger partial charge in [0.2, 0.25) is 0 Å². The first-order valence-corrected chi connectivity index (χ1v) is 3.52. The summed E-state index contributed by atoms with van der Waals surface area (Å²) in [6, 6.07) is 0. The van der Waals surface area contributed by atoms with Crippen molar-refractivity contribution < 1.29 is 14.3 Å². The van der Waals surface area contributed by atoms with Crippen molar-refractivity contribution in [3.05, 3.63) is 11.8 Å². The summed E-state index contributed by atoms with van der Waals surface area (Å²) < 4.78 is 4.41. The Hall–Kier alpha value is -2.32. The fourth-order valence-corrected chi connectivity index (χ4v) is 0.657. The molecule has 0 unspecified atom stereocenters. The van der Waals surface area contributed by atoms with Gasteiger partial charge in [-0.15, -0.1) is 5.57 Å². The molecule has 5 heteroatoms. The molecular formula is C8H12NO3Rf-. The number of esters is 1. The van der Waals surface area contributed by atoms with E-state index in [4.69, 9.17) is 5.73 Å². The molecule has 0 aromatic heterocycles. The van der Waals surface area contributed by atoms with Gasteiger partial charge in [0.05, 0.1) is 7.11 Å². The third-order valence-corrected chi connectivity index (χ3v) is 1.33. The number of nitrogens with two attached hydrogens (primary N) is 1. The molecular weight excluding hydrogens is 425 g/mol. The maximum atomic E-state index is 10.8. The molecule has 0 spiro atoms. The normalized spacial score (nSPS) is 10.2. The summed E-state index contributed by atoms with van der Waals surface area (Å²) >= 11 is 0. The van der Waals surface area contributed by atoms with Gasteiger partial charge in [-0.25, -0.2) is 0 Å². The first-order valence-electron chi connectivity index (χ1n) is 3.52. The first-order chi connectivity index (χ1) is 5.61. The fourth-order valence-electron chi connectivity index (χ4n) is 0.657. The van der Waals surface area contributed by atoms with E-state index in [1.165, 1.54) is 14.0 Å². The molecule has 0 rings (SSSR count). The van der Waals surface area contributed by atoms with Crippen LogP contribution in [-0.2, 0) is 14.3 Å². The largest absolute Gasteiger partial charge is 0.550 e. The van der Waals surface area contributed by atoms with Gasteiger partial charge in [-0.2, -0.15) is 6.20 Å². The van der Waals surface area contributed by atoms with Gasteiger partial charge in [0.25, 0.3) is 0 Å². The van der Waals surface area contributed by atoms with E-state index in [1.54, 1.807) is 0 Å². The molecule has 0 fully saturated rings. The maximum Gasteiger partial charge on any atom is 0.172 e. The van der Waals surface area contributed by atoms with Crippen molar-refractivity contribution in [1.82, 2.24) is 0 Å². The minimum atomic E-state index is -0.529. The number of ether oxygens (including phenoxy) is 1. The van der Waals surface area contributed by atoms with Crippen LogP contribution in [0.15, 0.2) is 5.57 Å². The predicted octanol–water partition coefficient (Wildman–Crippen LogP) is 0.174. The van der Waals surface area contributed by atoms with Gasteiger partial charge in [-0.05, 0) is 13.3 Å². The number of carbonyl (C=O) groups excluding carboxylic acids is 2. The third-order valence-electron chi connectivity index (χ3n) is 1.33. The SMILES string of the molecule is COC(=O)C(=[C-]N)CCC(C)=O.[Rf]. The predicted molar refractivity (Wildman–Crippen MR) is 42.9 cm³/mol. The minimum Gasteiger partial charge on any atom is -0.550 e. The molecule has 2 N–H and O–H groups in total. The number of ketones is 1. The van der Waals surface area contributed by atoms with Crippen molar-refractivity contribution in [2.45, 2.75) is 19.8 Å². The maximum absolute atomic E-state index is 10.8. The minimum absolute atomic E-state index is 0. The molecule has 0 aliphatic carbocycles. The second kappa shape index (κ2) is 6.39. The molecule has 0 aliphatic rings. The molecule has 0 amide bonds. The Bertz CT molecular complexity index is 213. The van der Waals surface area contributed by atoms with E-state index in [1.807, 2.05) is 0 Å². The van der Waals surface area contributed by atoms with Crippen LogP contribution >= 0.6 is 0 Å². The van der Waals surface area contributed by atoms with Gasteiger partial charge in [-0.3, -0.25) is 0 Å². The van der Waals surface area contributed by atoms with Crippen LogP contribution in [0.25, 0.3) is 0 Å². The molecule has 0 aliphatic heterocycles. The van der Waals surface area contributed by atoms with E-state index in [0.717, 1.165) is 0 Å². The van der Waals surface area contributed by atoms with Crippen LogP contribution < -0.4 is 5.73 Å². The van der Waals surface area contributed by atoms with E-state index in [0.29, 0.717) is 6.42 Å². The number of Topliss-reactive ketones (excluding diaryl/α,β-unsaturated/α-hetero) is 1. The van der Waals surface area contributed by atoms with Gasteiger partial charge in [0, 0.05) is 6.42 Å². The second-order valence-corrected chi connectivity index (χ2v) is 2.32. The Kier molecular flexibility index (Phi) is 6.53. The van der Waals surface area contributed by atoms with Crippen molar-refractivity contribution in [3.8, 4) is 0 Å². The van der Waals surface area contributed by atoms with E-state index >= 15 is 0 Å². The van der Waals surface area contributed by atoms with Crippen LogP contribution in [0, 0.1) is 6.20 Å². The molecule has 0 bridgehead atoms. The standard InChI is InChI=1S/C8H12NO3.Rf/c1-6(10)3-4-7(5-9)8(11)12-2;/h3-4,9H2,1-2H3;/q-1;. The summed E-state index contributed by atoms with van der Waals surface area (Å²) in [5, 5.41) is 0. The molecule has 4 nitrogen and oxygen atoms in total. The quantitative estimate of drug-likeness (QED) is 0.295. The fraction of sp³-hybridized carbons (Fsp3) is 0.500. The molecule has 0 heterocycles. The van der Waals surface area contributed by atoms with Gasteiger partial charge in [0.1, 0.15) is 5.78 Å². The molecule has 13 heavy (non-hydrogen) atoms. The zero-order valence-corrected chi connectivity index (χ0v) is 14.3. The topological polar surface area (TPSA) is 69.4 Å². The summed E-state index contributed by atoms with van der Waals surface area (Å²) in [7, 11) is 1.26. The van der Waals surface area contributed by atoms with Crippen molar-refractivity contribution in [2.24, 2.45) is 5.73 Å². The van der Waals surface area contributed by atoms with Crippen LogP contribution in [0.1, 0.15) is 19.8 Å². The van der Waals surface area contributed by atoms with Crippen molar-refractivity contribution in [1.29, 1.82) is 0 Å². The molecule has 0 atom stereocenters. The number of carbonyl (C=O) groups is 2. The summed E-state index contributed by atoms with van der Waals surface area (Å²) in [4.78, 5) is 21.4. The first kappa shape index (κ1) is 13.3. The van der Waals surface area contributed by atoms with Crippen molar-refractivity contribution in [3.63, 3.8) is 0 Å². The van der Waals surface area contributed by atoms with Crippen LogP contribution in [0.5, 0.6) is 0 Å². The van der Waals surface area contributed by atoms with Crippen LogP contribution in [0.2, 0.25) is 0 Å². The molecule has 0 aromatic carbocycles. The Labute approximate surface area is 71.4 Å². The monoisotopic (exact) mass is 437 g/mol. The Balaban J connectivity index is 0. The van der Waals surface area contributed by atoms with Crippen LogP contribution in [0.3, 0.4) is 0 Å². The van der Waals surface area contributed by atoms with Gasteiger partial charge in [-0.1, -0.05) is 0 Å². The van der Waals surface area contributed by atoms with Crippen molar-refractivity contribution in [2.75, 3.05) is 7.11 Å². The molecule has 0 saturated heterocycles. The van der Waals surface area contributed by atoms with Crippen molar-refractivity contribution >= 4 is 11.8 Å². The summed E-state index contributed by atoms with van der Waals surface area (Å²) in [5.74, 6) is -0.523. The third kappa shape index (κ3) is 5.01. The number of rotatable bonds is 4. The van der Waals surface area contributed by atoms with E-state index in [-0.39, 0.29) is 17.8 Å². The number of hydrogen-bond donors (Lipinski definition) is 1. The van der Waals surface area contributed by atoms with E-state index in [2.05, 4.69) is 10.9 Å². The molecule has 0 aromatic rings. The average molecular weight is 437 g/mol. The Morgan fingerprint density at radius 1 is 1.38 bits per heavy atom. The summed E-state index contributed by atoms with van der Waals surface area (Å²) in [6.45, 7) is 1.45. The Morgan fingerprint density at radius 2 is 1.92 bits per heavy atom. The van der Waals surface area contributed by atoms with Crippen LogP contribution in [0.4, 0.5) is 0 Å². The number of methoxy groups -OCH3 is 1. The molecule has 0 saturated carbocycles. The van der Waals surface area contributed by atoms with Crippen LogP contribution in [-0.4, -0.2) is 18.9 Å². The van der Waals surface area contributed by atoms with E-state index in [9.17, 15) is 9.59 Å². The molecule has 0 radical (unpaired) electrons. The average Bonchev–Trinajstić information content (AvgIpc) is 2.04. The summed E-state index contributed by atoms with van der Waals surface area (Å²) in [5.41, 5.74) is 5.25. The summed E-state index contributed by atoms with van der Waals surface area (Å²) in [6.07, 6.45) is 2.77. The zero-order chi connectivity index (χ0) is 9.56. The zero-order valence-electron chi connectivity index (χ0n) is 7.92. The molecule has 70 valence electrons. The van der Waals surface area contributed by atoms with Gasteiger partial charge >= 0.3 is 0 Å². The van der Waals surface area contributed by atoms with E-state index < -0.39 is 5.97 Å². The smallest absolute Gasteiger partial charge is 0.172 e. The Morgan fingerprint density at radius 3 is 2.23 bits per heavy atom. The second-order valence-electron chi connectivity index (χ2n) is 2.32.